The molecule has 0 bridgehead atoms. The van der Waals surface area contributed by atoms with Crippen molar-refractivity contribution in [1.29, 1.82) is 0 Å². The first kappa shape index (κ1) is 12.6. The minimum atomic E-state index is 0.109. The Balaban J connectivity index is 1.94. The van der Waals surface area contributed by atoms with Gasteiger partial charge in [0, 0.05) is 24.0 Å². The largest absolute Gasteiger partial charge is 0.489 e. The SMILES string of the molecule is CC[C@@H](N)c1ccc(OCc2cccnc2)cc1. The van der Waals surface area contributed by atoms with Gasteiger partial charge in [0.25, 0.3) is 0 Å². The quantitative estimate of drug-likeness (QED) is 0.876. The number of hydrogen-bond acceptors (Lipinski definition) is 3. The first-order chi connectivity index (χ1) is 8.79. The fourth-order valence-electron chi connectivity index (χ4n) is 1.70. The first-order valence-corrected chi connectivity index (χ1v) is 6.17. The van der Waals surface area contributed by atoms with Crippen LogP contribution < -0.4 is 10.5 Å². The minimum Gasteiger partial charge on any atom is -0.489 e. The van der Waals surface area contributed by atoms with Gasteiger partial charge < -0.3 is 10.5 Å². The van der Waals surface area contributed by atoms with Crippen molar-refractivity contribution in [2.45, 2.75) is 26.0 Å². The molecule has 0 aliphatic carbocycles. The molecule has 18 heavy (non-hydrogen) atoms. The van der Waals surface area contributed by atoms with Crippen molar-refractivity contribution in [3.63, 3.8) is 0 Å². The van der Waals surface area contributed by atoms with Crippen molar-refractivity contribution in [1.82, 2.24) is 4.98 Å². The maximum Gasteiger partial charge on any atom is 0.119 e. The molecule has 2 rings (SSSR count). The summed E-state index contributed by atoms with van der Waals surface area (Å²) in [5, 5.41) is 0. The van der Waals surface area contributed by atoms with Gasteiger partial charge >= 0.3 is 0 Å². The van der Waals surface area contributed by atoms with Gasteiger partial charge in [0.1, 0.15) is 12.4 Å². The molecule has 2 N–H and O–H groups in total. The van der Waals surface area contributed by atoms with Gasteiger partial charge in [-0.15, -0.1) is 0 Å². The van der Waals surface area contributed by atoms with E-state index in [1.54, 1.807) is 12.4 Å². The molecule has 3 heteroatoms. The van der Waals surface area contributed by atoms with E-state index in [4.69, 9.17) is 10.5 Å². The zero-order chi connectivity index (χ0) is 12.8. The number of nitrogens with two attached hydrogens (primary N) is 1. The van der Waals surface area contributed by atoms with E-state index in [0.29, 0.717) is 6.61 Å². The second kappa shape index (κ2) is 6.17. The smallest absolute Gasteiger partial charge is 0.119 e. The molecule has 1 atom stereocenters. The Morgan fingerprint density at radius 1 is 1.22 bits per heavy atom. The summed E-state index contributed by atoms with van der Waals surface area (Å²) in [6.07, 6.45) is 4.50. The van der Waals surface area contributed by atoms with Crippen LogP contribution in [0.25, 0.3) is 0 Å². The van der Waals surface area contributed by atoms with Crippen LogP contribution in [-0.4, -0.2) is 4.98 Å². The summed E-state index contributed by atoms with van der Waals surface area (Å²) < 4.78 is 5.68. The zero-order valence-electron chi connectivity index (χ0n) is 10.5. The van der Waals surface area contributed by atoms with E-state index in [0.717, 1.165) is 23.3 Å². The van der Waals surface area contributed by atoms with Crippen LogP contribution in [0.3, 0.4) is 0 Å². The number of aromatic nitrogens is 1. The Bertz CT molecular complexity index is 468. The van der Waals surface area contributed by atoms with Crippen LogP contribution >= 0.6 is 0 Å². The van der Waals surface area contributed by atoms with Gasteiger partial charge in [0.05, 0.1) is 0 Å². The Morgan fingerprint density at radius 3 is 2.61 bits per heavy atom. The number of hydrogen-bond donors (Lipinski definition) is 1. The molecule has 1 heterocycles. The Hall–Kier alpha value is -1.87. The molecule has 0 saturated heterocycles. The summed E-state index contributed by atoms with van der Waals surface area (Å²) in [6.45, 7) is 2.62. The van der Waals surface area contributed by atoms with Crippen LogP contribution in [0.4, 0.5) is 0 Å². The van der Waals surface area contributed by atoms with E-state index in [9.17, 15) is 0 Å². The van der Waals surface area contributed by atoms with Crippen LogP contribution in [0.2, 0.25) is 0 Å². The van der Waals surface area contributed by atoms with Crippen LogP contribution in [-0.2, 0) is 6.61 Å². The van der Waals surface area contributed by atoms with E-state index < -0.39 is 0 Å². The third-order valence-electron chi connectivity index (χ3n) is 2.88. The van der Waals surface area contributed by atoms with Crippen molar-refractivity contribution in [3.8, 4) is 5.75 Å². The molecule has 0 saturated carbocycles. The van der Waals surface area contributed by atoms with E-state index in [1.807, 2.05) is 36.4 Å². The molecule has 94 valence electrons. The lowest BCUT2D eigenvalue weighted by atomic mass is 10.1. The van der Waals surface area contributed by atoms with Crippen molar-refractivity contribution in [2.75, 3.05) is 0 Å². The summed E-state index contributed by atoms with van der Waals surface area (Å²) in [5.74, 6) is 0.853. The van der Waals surface area contributed by atoms with Crippen molar-refractivity contribution in [2.24, 2.45) is 5.73 Å². The highest BCUT2D eigenvalue weighted by Gasteiger charge is 2.03. The molecular formula is C15H18N2O. The fraction of sp³-hybridized carbons (Fsp3) is 0.267. The number of benzene rings is 1. The standard InChI is InChI=1S/C15H18N2O/c1-2-15(16)13-5-7-14(8-6-13)18-11-12-4-3-9-17-10-12/h3-10,15H,2,11,16H2,1H3/t15-/m1/s1. The number of ether oxygens (including phenoxy) is 1. The molecule has 0 unspecified atom stereocenters. The Kier molecular flexibility index (Phi) is 4.31. The normalized spacial score (nSPS) is 12.1. The van der Waals surface area contributed by atoms with Crippen molar-refractivity contribution >= 4 is 0 Å². The van der Waals surface area contributed by atoms with Gasteiger partial charge in [-0.25, -0.2) is 0 Å². The molecule has 0 fully saturated rings. The molecule has 0 aliphatic heterocycles. The fourth-order valence-corrected chi connectivity index (χ4v) is 1.70. The van der Waals surface area contributed by atoms with E-state index in [-0.39, 0.29) is 6.04 Å². The highest BCUT2D eigenvalue weighted by molar-refractivity contribution is 5.29. The third-order valence-corrected chi connectivity index (χ3v) is 2.88. The van der Waals surface area contributed by atoms with Crippen LogP contribution in [0, 0.1) is 0 Å². The van der Waals surface area contributed by atoms with Gasteiger partial charge in [-0.05, 0) is 30.2 Å². The van der Waals surface area contributed by atoms with Gasteiger partial charge in [-0.1, -0.05) is 25.1 Å². The lowest BCUT2D eigenvalue weighted by molar-refractivity contribution is 0.305. The third kappa shape index (κ3) is 3.31. The Morgan fingerprint density at radius 2 is 2.00 bits per heavy atom. The van der Waals surface area contributed by atoms with Gasteiger partial charge in [0.15, 0.2) is 0 Å². The molecule has 0 aliphatic rings. The number of rotatable bonds is 5. The lowest BCUT2D eigenvalue weighted by Gasteiger charge is -2.10. The molecule has 1 aromatic heterocycles. The van der Waals surface area contributed by atoms with Crippen LogP contribution in [0.1, 0.15) is 30.5 Å². The predicted octanol–water partition coefficient (Wildman–Crippen LogP) is 3.07. The van der Waals surface area contributed by atoms with Gasteiger partial charge in [-0.2, -0.15) is 0 Å². The Labute approximate surface area is 108 Å². The monoisotopic (exact) mass is 242 g/mol. The second-order valence-electron chi connectivity index (χ2n) is 4.23. The summed E-state index contributed by atoms with van der Waals surface area (Å²) in [7, 11) is 0. The lowest BCUT2D eigenvalue weighted by Crippen LogP contribution is -2.08. The molecule has 2 aromatic rings. The highest BCUT2D eigenvalue weighted by Crippen LogP contribution is 2.18. The van der Waals surface area contributed by atoms with E-state index in [2.05, 4.69) is 11.9 Å². The number of nitrogens with zero attached hydrogens (tertiary/aromatic N) is 1. The van der Waals surface area contributed by atoms with Crippen molar-refractivity contribution < 1.29 is 4.74 Å². The average molecular weight is 242 g/mol. The molecule has 0 radical (unpaired) electrons. The first-order valence-electron chi connectivity index (χ1n) is 6.17. The van der Waals surface area contributed by atoms with Gasteiger partial charge in [-0.3, -0.25) is 4.98 Å². The topological polar surface area (TPSA) is 48.1 Å². The average Bonchev–Trinajstić information content (AvgIpc) is 2.46. The summed E-state index contributed by atoms with van der Waals surface area (Å²) in [4.78, 5) is 4.05. The number of pyridine rings is 1. The zero-order valence-corrected chi connectivity index (χ0v) is 10.5. The molecule has 1 aromatic carbocycles. The summed E-state index contributed by atoms with van der Waals surface area (Å²) in [6, 6.07) is 12.0. The maximum atomic E-state index is 5.96. The molecular weight excluding hydrogens is 224 g/mol. The second-order valence-corrected chi connectivity index (χ2v) is 4.23. The van der Waals surface area contributed by atoms with Gasteiger partial charge in [0.2, 0.25) is 0 Å². The molecule has 0 amide bonds. The van der Waals surface area contributed by atoms with E-state index in [1.165, 1.54) is 0 Å². The van der Waals surface area contributed by atoms with E-state index >= 15 is 0 Å². The predicted molar refractivity (Wildman–Crippen MR) is 72.2 cm³/mol. The van der Waals surface area contributed by atoms with Crippen LogP contribution in [0.15, 0.2) is 48.8 Å². The summed E-state index contributed by atoms with van der Waals surface area (Å²) >= 11 is 0. The molecule has 3 nitrogen and oxygen atoms in total. The summed E-state index contributed by atoms with van der Waals surface area (Å²) in [5.41, 5.74) is 8.17. The maximum absolute atomic E-state index is 5.96. The minimum absolute atomic E-state index is 0.109. The molecule has 0 spiro atoms. The van der Waals surface area contributed by atoms with Crippen molar-refractivity contribution in [3.05, 3.63) is 59.9 Å². The van der Waals surface area contributed by atoms with Crippen LogP contribution in [0.5, 0.6) is 5.75 Å². The highest BCUT2D eigenvalue weighted by atomic mass is 16.5.